The van der Waals surface area contributed by atoms with Gasteiger partial charge in [0.2, 0.25) is 0 Å². The van der Waals surface area contributed by atoms with Gasteiger partial charge in [-0.05, 0) is 26.0 Å². The van der Waals surface area contributed by atoms with E-state index in [2.05, 4.69) is 5.32 Å². The van der Waals surface area contributed by atoms with E-state index in [0.29, 0.717) is 6.54 Å². The molecule has 13 heavy (non-hydrogen) atoms. The van der Waals surface area contributed by atoms with Crippen molar-refractivity contribution in [3.05, 3.63) is 29.3 Å². The molecule has 0 aliphatic heterocycles. The van der Waals surface area contributed by atoms with Crippen LogP contribution in [0.5, 0.6) is 0 Å². The zero-order valence-corrected chi connectivity index (χ0v) is 8.73. The van der Waals surface area contributed by atoms with Crippen molar-refractivity contribution in [3.63, 3.8) is 0 Å². The van der Waals surface area contributed by atoms with Gasteiger partial charge in [-0.3, -0.25) is 0 Å². The molecule has 0 unspecified atom stereocenters. The molecule has 0 aromatic heterocycles. The number of hydrogen-bond donors (Lipinski definition) is 2. The molecule has 0 fully saturated rings. The number of nitrogens with two attached hydrogens (primary N) is 1. The predicted molar refractivity (Wildman–Crippen MR) is 58.2 cm³/mol. The van der Waals surface area contributed by atoms with Gasteiger partial charge in [-0.2, -0.15) is 0 Å². The lowest BCUT2D eigenvalue weighted by atomic mass is 10.1. The molecule has 0 saturated carbocycles. The van der Waals surface area contributed by atoms with Gasteiger partial charge in [-0.1, -0.05) is 23.7 Å². The summed E-state index contributed by atoms with van der Waals surface area (Å²) in [7, 11) is 0. The molecular weight excluding hydrogens is 184 g/mol. The molecule has 1 aromatic carbocycles. The summed E-state index contributed by atoms with van der Waals surface area (Å²) in [5.41, 5.74) is 6.54. The Morgan fingerprint density at radius 1 is 1.38 bits per heavy atom. The lowest BCUT2D eigenvalue weighted by Gasteiger charge is -2.20. The maximum atomic E-state index is 5.95. The molecule has 3 heteroatoms. The fraction of sp³-hybridized carbons (Fsp3) is 0.400. The van der Waals surface area contributed by atoms with E-state index >= 15 is 0 Å². The van der Waals surface area contributed by atoms with Crippen LogP contribution in [-0.2, 0) is 0 Å². The normalized spacial score (nSPS) is 11.4. The largest absolute Gasteiger partial charge is 0.382 e. The standard InChI is InChI=1S/C10H15ClN2/c1-10(2,12)7-13-9-6-4-3-5-8(9)11/h3-6,13H,7,12H2,1-2H3. The maximum absolute atomic E-state index is 5.95. The molecule has 0 amide bonds. The van der Waals surface area contributed by atoms with E-state index in [0.717, 1.165) is 10.7 Å². The lowest BCUT2D eigenvalue weighted by molar-refractivity contribution is 0.549. The van der Waals surface area contributed by atoms with E-state index in [9.17, 15) is 0 Å². The molecule has 1 rings (SSSR count). The third-order valence-corrected chi connectivity index (χ3v) is 1.94. The second-order valence-corrected chi connectivity index (χ2v) is 4.23. The van der Waals surface area contributed by atoms with Crippen LogP contribution in [0.3, 0.4) is 0 Å². The van der Waals surface area contributed by atoms with Crippen LogP contribution >= 0.6 is 11.6 Å². The van der Waals surface area contributed by atoms with E-state index in [1.54, 1.807) is 0 Å². The van der Waals surface area contributed by atoms with E-state index in [4.69, 9.17) is 17.3 Å². The average molecular weight is 199 g/mol. The Kier molecular flexibility index (Phi) is 3.17. The lowest BCUT2D eigenvalue weighted by Crippen LogP contribution is -2.39. The molecule has 1 aromatic rings. The summed E-state index contributed by atoms with van der Waals surface area (Å²) in [6, 6.07) is 7.64. The minimum absolute atomic E-state index is 0.223. The average Bonchev–Trinajstić information content (AvgIpc) is 2.01. The molecule has 0 aliphatic carbocycles. The van der Waals surface area contributed by atoms with E-state index in [-0.39, 0.29) is 5.54 Å². The van der Waals surface area contributed by atoms with E-state index in [1.165, 1.54) is 0 Å². The molecule has 0 atom stereocenters. The van der Waals surface area contributed by atoms with Gasteiger partial charge in [0, 0.05) is 12.1 Å². The summed E-state index contributed by atoms with van der Waals surface area (Å²) < 4.78 is 0. The second-order valence-electron chi connectivity index (χ2n) is 3.82. The Labute approximate surface area is 84.1 Å². The maximum Gasteiger partial charge on any atom is 0.0637 e. The van der Waals surface area contributed by atoms with Gasteiger partial charge in [0.15, 0.2) is 0 Å². The Bertz CT molecular complexity index is 278. The fourth-order valence-electron chi connectivity index (χ4n) is 0.928. The SMILES string of the molecule is CC(C)(N)CNc1ccccc1Cl. The Balaban J connectivity index is 2.60. The summed E-state index contributed by atoms with van der Waals surface area (Å²) >= 11 is 5.95. The predicted octanol–water partition coefficient (Wildman–Crippen LogP) is 2.49. The van der Waals surface area contributed by atoms with Crippen molar-refractivity contribution < 1.29 is 0 Å². The number of rotatable bonds is 3. The van der Waals surface area contributed by atoms with Crippen LogP contribution in [0.25, 0.3) is 0 Å². The quantitative estimate of drug-likeness (QED) is 0.783. The molecule has 72 valence electrons. The van der Waals surface area contributed by atoms with Crippen molar-refractivity contribution in [1.82, 2.24) is 0 Å². The third-order valence-electron chi connectivity index (χ3n) is 1.61. The van der Waals surface area contributed by atoms with E-state index < -0.39 is 0 Å². The van der Waals surface area contributed by atoms with Crippen LogP contribution in [0.1, 0.15) is 13.8 Å². The minimum Gasteiger partial charge on any atom is -0.382 e. The highest BCUT2D eigenvalue weighted by atomic mass is 35.5. The molecule has 0 radical (unpaired) electrons. The number of anilines is 1. The van der Waals surface area contributed by atoms with Gasteiger partial charge in [-0.15, -0.1) is 0 Å². The Hall–Kier alpha value is -0.730. The third kappa shape index (κ3) is 3.66. The summed E-state index contributed by atoms with van der Waals surface area (Å²) in [6.45, 7) is 4.64. The van der Waals surface area contributed by atoms with Gasteiger partial charge in [0.25, 0.3) is 0 Å². The zero-order valence-electron chi connectivity index (χ0n) is 7.97. The Morgan fingerprint density at radius 3 is 2.54 bits per heavy atom. The summed E-state index contributed by atoms with van der Waals surface area (Å²) in [6.07, 6.45) is 0. The molecular formula is C10H15ClN2. The summed E-state index contributed by atoms with van der Waals surface area (Å²) in [4.78, 5) is 0. The number of para-hydroxylation sites is 1. The van der Waals surface area contributed by atoms with Crippen LogP contribution in [0, 0.1) is 0 Å². The van der Waals surface area contributed by atoms with Gasteiger partial charge < -0.3 is 11.1 Å². The first-order valence-corrected chi connectivity index (χ1v) is 4.64. The number of benzene rings is 1. The molecule has 0 heterocycles. The zero-order chi connectivity index (χ0) is 9.90. The molecule has 2 nitrogen and oxygen atoms in total. The first-order valence-electron chi connectivity index (χ1n) is 4.26. The van der Waals surface area contributed by atoms with Crippen LogP contribution in [0.15, 0.2) is 24.3 Å². The minimum atomic E-state index is -0.223. The number of halogens is 1. The van der Waals surface area contributed by atoms with Crippen molar-refractivity contribution in [2.75, 3.05) is 11.9 Å². The fourth-order valence-corrected chi connectivity index (χ4v) is 1.13. The van der Waals surface area contributed by atoms with E-state index in [1.807, 2.05) is 38.1 Å². The second kappa shape index (κ2) is 3.99. The van der Waals surface area contributed by atoms with Crippen LogP contribution in [-0.4, -0.2) is 12.1 Å². The van der Waals surface area contributed by atoms with Crippen LogP contribution < -0.4 is 11.1 Å². The van der Waals surface area contributed by atoms with Crippen molar-refractivity contribution in [2.45, 2.75) is 19.4 Å². The van der Waals surface area contributed by atoms with Crippen molar-refractivity contribution in [1.29, 1.82) is 0 Å². The van der Waals surface area contributed by atoms with Gasteiger partial charge in [0.05, 0.1) is 10.7 Å². The van der Waals surface area contributed by atoms with Crippen LogP contribution in [0.2, 0.25) is 5.02 Å². The highest BCUT2D eigenvalue weighted by molar-refractivity contribution is 6.33. The highest BCUT2D eigenvalue weighted by Gasteiger charge is 2.10. The first kappa shape index (κ1) is 10.4. The highest BCUT2D eigenvalue weighted by Crippen LogP contribution is 2.20. The monoisotopic (exact) mass is 198 g/mol. The molecule has 0 spiro atoms. The topological polar surface area (TPSA) is 38.0 Å². The molecule has 0 bridgehead atoms. The first-order chi connectivity index (χ1) is 5.99. The smallest absolute Gasteiger partial charge is 0.0637 e. The van der Waals surface area contributed by atoms with Crippen molar-refractivity contribution >= 4 is 17.3 Å². The number of hydrogen-bond acceptors (Lipinski definition) is 2. The molecule has 0 aliphatic rings. The summed E-state index contributed by atoms with van der Waals surface area (Å²) in [5, 5.41) is 3.92. The van der Waals surface area contributed by atoms with Crippen molar-refractivity contribution in [2.24, 2.45) is 5.73 Å². The Morgan fingerprint density at radius 2 is 2.00 bits per heavy atom. The van der Waals surface area contributed by atoms with Gasteiger partial charge in [-0.25, -0.2) is 0 Å². The van der Waals surface area contributed by atoms with Gasteiger partial charge >= 0.3 is 0 Å². The number of nitrogens with one attached hydrogen (secondary N) is 1. The van der Waals surface area contributed by atoms with Gasteiger partial charge in [0.1, 0.15) is 0 Å². The van der Waals surface area contributed by atoms with Crippen LogP contribution in [0.4, 0.5) is 5.69 Å². The summed E-state index contributed by atoms with van der Waals surface area (Å²) in [5.74, 6) is 0. The van der Waals surface area contributed by atoms with Crippen molar-refractivity contribution in [3.8, 4) is 0 Å². The molecule has 3 N–H and O–H groups in total. The molecule has 0 saturated heterocycles.